The van der Waals surface area contributed by atoms with Crippen LogP contribution in [0.3, 0.4) is 0 Å². The van der Waals surface area contributed by atoms with Gasteiger partial charge in [0.25, 0.3) is 12.1 Å². The summed E-state index contributed by atoms with van der Waals surface area (Å²) in [5.41, 5.74) is -0.962. The molecule has 0 fully saturated rings. The molecule has 2 rings (SSSR count). The quantitative estimate of drug-likeness (QED) is 0.629. The number of nitro groups is 1. The number of alkyl halides is 2. The average Bonchev–Trinajstić information content (AvgIpc) is 2.85. The molecular weight excluding hydrogens is 258 g/mol. The van der Waals surface area contributed by atoms with E-state index in [2.05, 4.69) is 4.98 Å². The Balaban J connectivity index is 2.64. The molecule has 0 bridgehead atoms. The lowest BCUT2D eigenvalue weighted by molar-refractivity contribution is -0.385. The Bertz CT molecular complexity index is 676. The minimum Gasteiger partial charge on any atom is -0.291 e. The number of nitro benzene ring substituents is 1. The van der Waals surface area contributed by atoms with Crippen LogP contribution in [0.15, 0.2) is 30.6 Å². The first-order valence-electron chi connectivity index (χ1n) is 5.05. The molecule has 0 radical (unpaired) electrons. The van der Waals surface area contributed by atoms with Gasteiger partial charge < -0.3 is 0 Å². The van der Waals surface area contributed by atoms with Gasteiger partial charge in [0.2, 0.25) is 5.82 Å². The van der Waals surface area contributed by atoms with E-state index in [1.54, 1.807) is 6.07 Å². The van der Waals surface area contributed by atoms with Crippen LogP contribution in [0.4, 0.5) is 14.5 Å². The summed E-state index contributed by atoms with van der Waals surface area (Å²) < 4.78 is 27.1. The molecule has 0 atom stereocenters. The van der Waals surface area contributed by atoms with Crippen molar-refractivity contribution in [1.29, 1.82) is 5.26 Å². The van der Waals surface area contributed by atoms with Crippen molar-refractivity contribution in [1.82, 2.24) is 9.55 Å². The van der Waals surface area contributed by atoms with Gasteiger partial charge in [-0.05, 0) is 6.07 Å². The van der Waals surface area contributed by atoms with Crippen molar-refractivity contribution in [3.8, 4) is 11.8 Å². The molecule has 1 aromatic carbocycles. The number of nitriles is 1. The van der Waals surface area contributed by atoms with Crippen LogP contribution in [0, 0.1) is 21.4 Å². The van der Waals surface area contributed by atoms with Gasteiger partial charge in [0.05, 0.1) is 10.6 Å². The van der Waals surface area contributed by atoms with Crippen molar-refractivity contribution < 1.29 is 13.7 Å². The minimum atomic E-state index is -2.90. The van der Waals surface area contributed by atoms with Crippen LogP contribution >= 0.6 is 0 Å². The fraction of sp³-hybridized carbons (Fsp3) is 0.0909. The number of non-ortho nitro benzene ring substituents is 1. The molecule has 0 spiro atoms. The lowest BCUT2D eigenvalue weighted by Gasteiger charge is -2.10. The molecule has 0 saturated heterocycles. The van der Waals surface area contributed by atoms with Crippen molar-refractivity contribution in [3.63, 3.8) is 0 Å². The maximum Gasteiger partial charge on any atom is 0.270 e. The molecule has 0 saturated carbocycles. The van der Waals surface area contributed by atoms with E-state index in [4.69, 9.17) is 5.26 Å². The van der Waals surface area contributed by atoms with Crippen molar-refractivity contribution >= 4 is 5.69 Å². The fourth-order valence-electron chi connectivity index (χ4n) is 1.63. The first-order chi connectivity index (χ1) is 9.04. The fourth-order valence-corrected chi connectivity index (χ4v) is 1.63. The van der Waals surface area contributed by atoms with Crippen LogP contribution in [0.5, 0.6) is 0 Å². The predicted octanol–water partition coefficient (Wildman–Crippen LogP) is 2.59. The standard InChI is InChI=1S/C11H6F2N4O2/c12-11(13)8-5-7(17(18)19)1-2-9(8)16-4-3-15-10(16)6-14/h1-5,11H. The molecule has 1 heterocycles. The zero-order valence-electron chi connectivity index (χ0n) is 9.33. The lowest BCUT2D eigenvalue weighted by atomic mass is 10.1. The van der Waals surface area contributed by atoms with Crippen molar-refractivity contribution in [2.75, 3.05) is 0 Å². The maximum absolute atomic E-state index is 13.0. The Labute approximate surface area is 105 Å². The highest BCUT2D eigenvalue weighted by Gasteiger charge is 2.20. The van der Waals surface area contributed by atoms with Crippen LogP contribution < -0.4 is 0 Å². The Morgan fingerprint density at radius 2 is 2.21 bits per heavy atom. The number of hydrogen-bond acceptors (Lipinski definition) is 4. The second-order valence-electron chi connectivity index (χ2n) is 3.53. The number of rotatable bonds is 3. The smallest absolute Gasteiger partial charge is 0.270 e. The number of hydrogen-bond donors (Lipinski definition) is 0. The minimum absolute atomic E-state index is 0.00495. The average molecular weight is 264 g/mol. The molecule has 1 aromatic heterocycles. The first kappa shape index (κ1) is 12.6. The molecule has 0 aliphatic carbocycles. The molecule has 6 nitrogen and oxygen atoms in total. The van der Waals surface area contributed by atoms with E-state index in [0.717, 1.165) is 16.7 Å². The van der Waals surface area contributed by atoms with Gasteiger partial charge >= 0.3 is 0 Å². The summed E-state index contributed by atoms with van der Waals surface area (Å²) in [5, 5.41) is 19.4. The Morgan fingerprint density at radius 1 is 1.47 bits per heavy atom. The predicted molar refractivity (Wildman–Crippen MR) is 59.9 cm³/mol. The van der Waals surface area contributed by atoms with Gasteiger partial charge in [-0.1, -0.05) is 0 Å². The maximum atomic E-state index is 13.0. The van der Waals surface area contributed by atoms with Gasteiger partial charge in [-0.15, -0.1) is 0 Å². The highest BCUT2D eigenvalue weighted by Crippen LogP contribution is 2.30. The van der Waals surface area contributed by atoms with Crippen LogP contribution in [0.1, 0.15) is 17.8 Å². The highest BCUT2D eigenvalue weighted by atomic mass is 19.3. The van der Waals surface area contributed by atoms with Gasteiger partial charge in [0.15, 0.2) is 0 Å². The van der Waals surface area contributed by atoms with E-state index in [1.807, 2.05) is 0 Å². The number of nitrogens with zero attached hydrogens (tertiary/aromatic N) is 4. The van der Waals surface area contributed by atoms with E-state index >= 15 is 0 Å². The van der Waals surface area contributed by atoms with Crippen LogP contribution in [0.25, 0.3) is 5.69 Å². The third kappa shape index (κ3) is 2.26. The summed E-state index contributed by atoms with van der Waals surface area (Å²) in [6, 6.07) is 4.81. The summed E-state index contributed by atoms with van der Waals surface area (Å²) in [6.45, 7) is 0. The summed E-state index contributed by atoms with van der Waals surface area (Å²) in [7, 11) is 0. The topological polar surface area (TPSA) is 84.8 Å². The second kappa shape index (κ2) is 4.81. The molecule has 2 aromatic rings. The Morgan fingerprint density at radius 3 is 2.79 bits per heavy atom. The van der Waals surface area contributed by atoms with Crippen LogP contribution in [-0.2, 0) is 0 Å². The molecule has 0 aliphatic heterocycles. The van der Waals surface area contributed by atoms with Gasteiger partial charge in [0, 0.05) is 30.1 Å². The molecule has 0 amide bonds. The van der Waals surface area contributed by atoms with Crippen LogP contribution in [0.2, 0.25) is 0 Å². The molecule has 0 N–H and O–H groups in total. The van der Waals surface area contributed by atoms with Gasteiger partial charge in [0.1, 0.15) is 6.07 Å². The first-order valence-corrected chi connectivity index (χ1v) is 5.05. The third-order valence-electron chi connectivity index (χ3n) is 2.46. The molecular formula is C11H6F2N4O2. The summed E-state index contributed by atoms with van der Waals surface area (Å²) in [4.78, 5) is 13.5. The molecule has 0 aliphatic rings. The number of imidazole rings is 1. The molecule has 19 heavy (non-hydrogen) atoms. The Kier molecular flexibility index (Phi) is 3.20. The summed E-state index contributed by atoms with van der Waals surface area (Å²) >= 11 is 0. The van der Waals surface area contributed by atoms with Gasteiger partial charge in [-0.25, -0.2) is 13.8 Å². The molecule has 8 heteroatoms. The summed E-state index contributed by atoms with van der Waals surface area (Å²) in [5.74, 6) is -0.0734. The van der Waals surface area contributed by atoms with E-state index in [9.17, 15) is 18.9 Å². The molecule has 96 valence electrons. The second-order valence-corrected chi connectivity index (χ2v) is 3.53. The zero-order chi connectivity index (χ0) is 14.0. The SMILES string of the molecule is N#Cc1nccn1-c1ccc([N+](=O)[O-])cc1C(F)F. The Hall–Kier alpha value is -2.82. The monoisotopic (exact) mass is 264 g/mol. The largest absolute Gasteiger partial charge is 0.291 e. The summed E-state index contributed by atoms with van der Waals surface area (Å²) in [6.07, 6.45) is -0.273. The van der Waals surface area contributed by atoms with Crippen molar-refractivity contribution in [2.45, 2.75) is 6.43 Å². The number of benzene rings is 1. The third-order valence-corrected chi connectivity index (χ3v) is 2.46. The highest BCUT2D eigenvalue weighted by molar-refractivity contribution is 5.50. The lowest BCUT2D eigenvalue weighted by Crippen LogP contribution is -2.03. The van der Waals surface area contributed by atoms with E-state index < -0.39 is 22.6 Å². The van der Waals surface area contributed by atoms with Gasteiger partial charge in [-0.2, -0.15) is 5.26 Å². The van der Waals surface area contributed by atoms with E-state index in [0.29, 0.717) is 0 Å². The van der Waals surface area contributed by atoms with Gasteiger partial charge in [-0.3, -0.25) is 14.7 Å². The van der Waals surface area contributed by atoms with Crippen molar-refractivity contribution in [3.05, 3.63) is 52.1 Å². The van der Waals surface area contributed by atoms with Crippen LogP contribution in [-0.4, -0.2) is 14.5 Å². The number of aromatic nitrogens is 2. The van der Waals surface area contributed by atoms with E-state index in [1.165, 1.54) is 18.5 Å². The van der Waals surface area contributed by atoms with Crippen molar-refractivity contribution in [2.24, 2.45) is 0 Å². The zero-order valence-corrected chi connectivity index (χ0v) is 9.33. The number of halogens is 2. The van der Waals surface area contributed by atoms with E-state index in [-0.39, 0.29) is 11.5 Å². The molecule has 0 unspecified atom stereocenters. The normalized spacial score (nSPS) is 10.4.